The molecule has 6 heteroatoms. The number of benzene rings is 1. The molecule has 0 fully saturated rings. The predicted molar refractivity (Wildman–Crippen MR) is 106 cm³/mol. The third-order valence-electron chi connectivity index (χ3n) is 4.52. The van der Waals surface area contributed by atoms with Crippen LogP contribution in [-0.2, 0) is 13.6 Å². The van der Waals surface area contributed by atoms with Crippen molar-refractivity contribution in [2.45, 2.75) is 38.9 Å². The first-order valence-corrected chi connectivity index (χ1v) is 9.79. The number of Topliss-reactive ketones (excluding diaryl/α,β-unsaturated/α-hetero) is 1. The third-order valence-corrected chi connectivity index (χ3v) is 5.54. The summed E-state index contributed by atoms with van der Waals surface area (Å²) in [6.07, 6.45) is 1.06. The Balaban J connectivity index is 1.73. The highest BCUT2D eigenvalue weighted by Crippen LogP contribution is 2.24. The van der Waals surface area contributed by atoms with Crippen LogP contribution in [0.4, 0.5) is 0 Å². The Morgan fingerprint density at radius 1 is 1.15 bits per heavy atom. The van der Waals surface area contributed by atoms with E-state index in [0.29, 0.717) is 5.75 Å². The summed E-state index contributed by atoms with van der Waals surface area (Å²) < 4.78 is 4.15. The van der Waals surface area contributed by atoms with Gasteiger partial charge in [-0.05, 0) is 26.3 Å². The van der Waals surface area contributed by atoms with Crippen molar-refractivity contribution >= 4 is 17.5 Å². The van der Waals surface area contributed by atoms with E-state index in [1.54, 1.807) is 0 Å². The van der Waals surface area contributed by atoms with E-state index in [9.17, 15) is 4.79 Å². The summed E-state index contributed by atoms with van der Waals surface area (Å²) in [5, 5.41) is 9.27. The number of carbonyl (C=O) groups is 1. The second-order valence-corrected chi connectivity index (χ2v) is 7.32. The van der Waals surface area contributed by atoms with E-state index >= 15 is 0 Å². The lowest BCUT2D eigenvalue weighted by atomic mass is 10.2. The normalized spacial score (nSPS) is 11.1. The maximum Gasteiger partial charge on any atom is 0.191 e. The molecule has 0 saturated carbocycles. The molecule has 26 heavy (non-hydrogen) atoms. The summed E-state index contributed by atoms with van der Waals surface area (Å²) in [6.45, 7) is 7.17. The van der Waals surface area contributed by atoms with Crippen molar-refractivity contribution in [2.24, 2.45) is 7.05 Å². The first kappa shape index (κ1) is 18.5. The summed E-state index contributed by atoms with van der Waals surface area (Å²) in [5.41, 5.74) is 4.03. The highest BCUT2D eigenvalue weighted by Gasteiger charge is 2.17. The fourth-order valence-electron chi connectivity index (χ4n) is 3.14. The molecule has 0 spiro atoms. The minimum atomic E-state index is 0.134. The highest BCUT2D eigenvalue weighted by atomic mass is 32.2. The molecular formula is C20H24N4OS. The Labute approximate surface area is 158 Å². The minimum Gasteiger partial charge on any atom is -0.348 e. The number of ketones is 1. The van der Waals surface area contributed by atoms with Crippen LogP contribution in [0.15, 0.2) is 41.6 Å². The molecule has 0 unspecified atom stereocenters. The molecule has 0 aliphatic carbocycles. The van der Waals surface area contributed by atoms with Gasteiger partial charge in [-0.3, -0.25) is 4.79 Å². The number of aryl methyl sites for hydroxylation is 1. The second-order valence-electron chi connectivity index (χ2n) is 6.38. The summed E-state index contributed by atoms with van der Waals surface area (Å²) in [5.74, 6) is 1.30. The number of rotatable bonds is 7. The van der Waals surface area contributed by atoms with Crippen molar-refractivity contribution in [3.8, 4) is 11.4 Å². The molecule has 0 aliphatic rings. The van der Waals surface area contributed by atoms with E-state index in [1.165, 1.54) is 11.8 Å². The van der Waals surface area contributed by atoms with Crippen molar-refractivity contribution in [3.05, 3.63) is 53.3 Å². The molecule has 3 aromatic rings. The molecule has 0 radical (unpaired) electrons. The Bertz CT molecular complexity index is 912. The van der Waals surface area contributed by atoms with Gasteiger partial charge in [0, 0.05) is 36.1 Å². The van der Waals surface area contributed by atoms with Crippen molar-refractivity contribution < 1.29 is 4.79 Å². The van der Waals surface area contributed by atoms with E-state index in [2.05, 4.69) is 28.6 Å². The van der Waals surface area contributed by atoms with Crippen LogP contribution in [0, 0.1) is 13.8 Å². The van der Waals surface area contributed by atoms with Gasteiger partial charge in [-0.15, -0.1) is 10.2 Å². The molecule has 136 valence electrons. The molecule has 0 bridgehead atoms. The van der Waals surface area contributed by atoms with Gasteiger partial charge in [0.1, 0.15) is 0 Å². The van der Waals surface area contributed by atoms with Crippen LogP contribution in [0.1, 0.15) is 35.1 Å². The maximum absolute atomic E-state index is 12.7. The Hall–Kier alpha value is -2.34. The Morgan fingerprint density at radius 3 is 2.58 bits per heavy atom. The smallest absolute Gasteiger partial charge is 0.191 e. The van der Waals surface area contributed by atoms with Gasteiger partial charge >= 0.3 is 0 Å². The van der Waals surface area contributed by atoms with E-state index in [-0.39, 0.29) is 5.78 Å². The molecule has 0 N–H and O–H groups in total. The molecular weight excluding hydrogens is 344 g/mol. The van der Waals surface area contributed by atoms with Gasteiger partial charge in [-0.2, -0.15) is 0 Å². The summed E-state index contributed by atoms with van der Waals surface area (Å²) in [6, 6.07) is 11.9. The largest absolute Gasteiger partial charge is 0.348 e. The second kappa shape index (κ2) is 7.91. The quantitative estimate of drug-likeness (QED) is 0.461. The van der Waals surface area contributed by atoms with Gasteiger partial charge in [0.15, 0.2) is 16.8 Å². The maximum atomic E-state index is 12.7. The average Bonchev–Trinajstić information content (AvgIpc) is 3.15. The minimum absolute atomic E-state index is 0.134. The van der Waals surface area contributed by atoms with Crippen molar-refractivity contribution in [1.82, 2.24) is 19.3 Å². The predicted octanol–water partition coefficient (Wildman–Crippen LogP) is 4.29. The zero-order valence-electron chi connectivity index (χ0n) is 15.7. The lowest BCUT2D eigenvalue weighted by molar-refractivity contribution is 0.102. The van der Waals surface area contributed by atoms with Gasteiger partial charge in [0.25, 0.3) is 0 Å². The lowest BCUT2D eigenvalue weighted by Gasteiger charge is -2.07. The fraction of sp³-hybridized carbons (Fsp3) is 0.350. The van der Waals surface area contributed by atoms with E-state index in [0.717, 1.165) is 46.5 Å². The zero-order valence-corrected chi connectivity index (χ0v) is 16.5. The monoisotopic (exact) mass is 368 g/mol. The van der Waals surface area contributed by atoms with Crippen LogP contribution in [0.5, 0.6) is 0 Å². The van der Waals surface area contributed by atoms with Crippen LogP contribution in [-0.4, -0.2) is 30.9 Å². The molecule has 0 aliphatic heterocycles. The van der Waals surface area contributed by atoms with Gasteiger partial charge < -0.3 is 9.13 Å². The van der Waals surface area contributed by atoms with Gasteiger partial charge in [0.2, 0.25) is 0 Å². The molecule has 0 saturated heterocycles. The molecule has 2 aromatic heterocycles. The number of nitrogens with zero attached hydrogens (tertiary/aromatic N) is 4. The lowest BCUT2D eigenvalue weighted by Crippen LogP contribution is -2.07. The Kier molecular flexibility index (Phi) is 5.61. The standard InChI is InChI=1S/C20H24N4OS/c1-5-11-24-14(2)12-17(15(24)3)18(25)13-26-20-22-21-19(23(20)4)16-9-7-6-8-10-16/h6-10,12H,5,11,13H2,1-4H3. The number of thioether (sulfide) groups is 1. The average molecular weight is 369 g/mol. The zero-order chi connectivity index (χ0) is 18.7. The topological polar surface area (TPSA) is 52.7 Å². The van der Waals surface area contributed by atoms with Crippen LogP contribution in [0.3, 0.4) is 0 Å². The van der Waals surface area contributed by atoms with E-state index in [4.69, 9.17) is 0 Å². The molecule has 3 rings (SSSR count). The van der Waals surface area contributed by atoms with Crippen LogP contribution >= 0.6 is 11.8 Å². The highest BCUT2D eigenvalue weighted by molar-refractivity contribution is 7.99. The summed E-state index contributed by atoms with van der Waals surface area (Å²) in [7, 11) is 1.93. The number of hydrogen-bond acceptors (Lipinski definition) is 4. The van der Waals surface area contributed by atoms with Crippen LogP contribution in [0.25, 0.3) is 11.4 Å². The van der Waals surface area contributed by atoms with E-state index in [1.807, 2.05) is 54.9 Å². The molecule has 0 amide bonds. The van der Waals surface area contributed by atoms with Crippen molar-refractivity contribution in [2.75, 3.05) is 5.75 Å². The Morgan fingerprint density at radius 2 is 1.88 bits per heavy atom. The third kappa shape index (κ3) is 3.60. The van der Waals surface area contributed by atoms with Gasteiger partial charge in [0.05, 0.1) is 5.75 Å². The van der Waals surface area contributed by atoms with Crippen molar-refractivity contribution in [1.29, 1.82) is 0 Å². The fourth-order valence-corrected chi connectivity index (χ4v) is 3.93. The first-order chi connectivity index (χ1) is 12.5. The number of carbonyl (C=O) groups excluding carboxylic acids is 1. The van der Waals surface area contributed by atoms with Gasteiger partial charge in [-0.1, -0.05) is 49.0 Å². The SMILES string of the molecule is CCCn1c(C)cc(C(=O)CSc2nnc(-c3ccccc3)n2C)c1C. The van der Waals surface area contributed by atoms with E-state index < -0.39 is 0 Å². The molecule has 1 aromatic carbocycles. The molecule has 5 nitrogen and oxygen atoms in total. The van der Waals surface area contributed by atoms with Gasteiger partial charge in [-0.25, -0.2) is 0 Å². The number of aromatic nitrogens is 4. The van der Waals surface area contributed by atoms with Crippen LogP contribution in [0.2, 0.25) is 0 Å². The first-order valence-electron chi connectivity index (χ1n) is 8.80. The molecule has 2 heterocycles. The molecule has 0 atom stereocenters. The summed E-state index contributed by atoms with van der Waals surface area (Å²) >= 11 is 1.43. The number of hydrogen-bond donors (Lipinski definition) is 0. The van der Waals surface area contributed by atoms with Crippen molar-refractivity contribution in [3.63, 3.8) is 0 Å². The van der Waals surface area contributed by atoms with Crippen LogP contribution < -0.4 is 0 Å². The summed E-state index contributed by atoms with van der Waals surface area (Å²) in [4.78, 5) is 12.7.